The van der Waals surface area contributed by atoms with Gasteiger partial charge in [-0.1, -0.05) is 26.7 Å². The van der Waals surface area contributed by atoms with E-state index in [4.69, 9.17) is 10.5 Å². The van der Waals surface area contributed by atoms with Crippen LogP contribution < -0.4 is 15.8 Å². The number of hydrogen-bond acceptors (Lipinski definition) is 3. The number of ether oxygens (including phenoxy) is 1. The van der Waals surface area contributed by atoms with E-state index in [1.165, 1.54) is 0 Å². The van der Waals surface area contributed by atoms with E-state index in [0.717, 1.165) is 38.0 Å². The number of rotatable bonds is 10. The molecule has 0 heterocycles. The molecule has 1 aromatic rings. The molecule has 0 aliphatic heterocycles. The van der Waals surface area contributed by atoms with Crippen molar-refractivity contribution in [2.75, 3.05) is 19.7 Å². The fourth-order valence-electron chi connectivity index (χ4n) is 2.17. The van der Waals surface area contributed by atoms with Crippen LogP contribution in [0.5, 0.6) is 5.75 Å². The molecule has 4 heteroatoms. The number of amides is 1. The molecule has 3 N–H and O–H groups in total. The van der Waals surface area contributed by atoms with Gasteiger partial charge in [0.25, 0.3) is 5.91 Å². The van der Waals surface area contributed by atoms with Gasteiger partial charge < -0.3 is 15.8 Å². The minimum atomic E-state index is -0.0157. The molecule has 0 saturated carbocycles. The molecule has 0 bridgehead atoms. The summed E-state index contributed by atoms with van der Waals surface area (Å²) in [4.78, 5) is 12.1. The maximum Gasteiger partial charge on any atom is 0.251 e. The lowest BCUT2D eigenvalue weighted by Crippen LogP contribution is -2.29. The van der Waals surface area contributed by atoms with E-state index in [2.05, 4.69) is 19.2 Å². The molecule has 0 aliphatic rings. The molecule has 1 unspecified atom stereocenters. The summed E-state index contributed by atoms with van der Waals surface area (Å²) in [6, 6.07) is 7.26. The summed E-state index contributed by atoms with van der Waals surface area (Å²) in [5.74, 6) is 1.33. The van der Waals surface area contributed by atoms with Gasteiger partial charge in [0, 0.05) is 12.1 Å². The van der Waals surface area contributed by atoms with Crippen LogP contribution in [-0.4, -0.2) is 25.6 Å². The summed E-state index contributed by atoms with van der Waals surface area (Å²) < 4.78 is 5.52. The molecule has 0 aliphatic carbocycles. The second kappa shape index (κ2) is 10.2. The highest BCUT2D eigenvalue weighted by atomic mass is 16.5. The molecule has 0 saturated heterocycles. The summed E-state index contributed by atoms with van der Waals surface area (Å²) in [6.07, 6.45) is 4.24. The third kappa shape index (κ3) is 6.63. The van der Waals surface area contributed by atoms with Crippen LogP contribution in [0.15, 0.2) is 24.3 Å². The van der Waals surface area contributed by atoms with E-state index in [1.54, 1.807) is 12.1 Å². The minimum Gasteiger partial charge on any atom is -0.494 e. The Labute approximate surface area is 128 Å². The zero-order valence-electron chi connectivity index (χ0n) is 13.2. The predicted octanol–water partition coefficient (Wildman–Crippen LogP) is 2.97. The Morgan fingerprint density at radius 3 is 2.57 bits per heavy atom. The quantitative estimate of drug-likeness (QED) is 0.652. The van der Waals surface area contributed by atoms with Crippen LogP contribution in [0.25, 0.3) is 0 Å². The van der Waals surface area contributed by atoms with Crippen molar-refractivity contribution in [3.63, 3.8) is 0 Å². The van der Waals surface area contributed by atoms with Crippen molar-refractivity contribution in [3.8, 4) is 5.75 Å². The summed E-state index contributed by atoms with van der Waals surface area (Å²) >= 11 is 0. The molecule has 0 aromatic heterocycles. The first-order valence-electron chi connectivity index (χ1n) is 7.92. The first kappa shape index (κ1) is 17.5. The van der Waals surface area contributed by atoms with Gasteiger partial charge in [-0.15, -0.1) is 0 Å². The number of carbonyl (C=O) groups excluding carboxylic acids is 1. The van der Waals surface area contributed by atoms with Gasteiger partial charge in [0.2, 0.25) is 0 Å². The SMILES string of the molecule is CCCC(CC)CNC(=O)c1ccc(OCCCN)cc1. The molecule has 1 rings (SSSR count). The Morgan fingerprint density at radius 2 is 2.00 bits per heavy atom. The van der Waals surface area contributed by atoms with Gasteiger partial charge >= 0.3 is 0 Å². The third-order valence-corrected chi connectivity index (χ3v) is 3.56. The molecule has 1 amide bonds. The molecule has 1 aromatic carbocycles. The van der Waals surface area contributed by atoms with E-state index < -0.39 is 0 Å². The van der Waals surface area contributed by atoms with Crippen molar-refractivity contribution in [2.45, 2.75) is 39.5 Å². The van der Waals surface area contributed by atoms with Crippen LogP contribution in [0.2, 0.25) is 0 Å². The number of nitrogens with two attached hydrogens (primary N) is 1. The van der Waals surface area contributed by atoms with Crippen LogP contribution in [0, 0.1) is 5.92 Å². The normalized spacial score (nSPS) is 12.0. The van der Waals surface area contributed by atoms with E-state index >= 15 is 0 Å². The lowest BCUT2D eigenvalue weighted by Gasteiger charge is -2.14. The van der Waals surface area contributed by atoms with Crippen LogP contribution in [-0.2, 0) is 0 Å². The Hall–Kier alpha value is -1.55. The maximum absolute atomic E-state index is 12.1. The monoisotopic (exact) mass is 292 g/mol. The van der Waals surface area contributed by atoms with Crippen LogP contribution in [0.4, 0.5) is 0 Å². The lowest BCUT2D eigenvalue weighted by atomic mass is 10.0. The van der Waals surface area contributed by atoms with Crippen molar-refractivity contribution in [3.05, 3.63) is 29.8 Å². The first-order chi connectivity index (χ1) is 10.2. The van der Waals surface area contributed by atoms with Crippen LogP contribution >= 0.6 is 0 Å². The van der Waals surface area contributed by atoms with Crippen molar-refractivity contribution < 1.29 is 9.53 Å². The van der Waals surface area contributed by atoms with Gasteiger partial charge in [-0.25, -0.2) is 0 Å². The summed E-state index contributed by atoms with van der Waals surface area (Å²) in [5, 5.41) is 3.01. The van der Waals surface area contributed by atoms with Crippen LogP contribution in [0.3, 0.4) is 0 Å². The van der Waals surface area contributed by atoms with Crippen molar-refractivity contribution in [2.24, 2.45) is 11.7 Å². The van der Waals surface area contributed by atoms with Gasteiger partial charge in [-0.3, -0.25) is 4.79 Å². The second-order valence-corrected chi connectivity index (χ2v) is 5.29. The van der Waals surface area contributed by atoms with Gasteiger partial charge in [0.05, 0.1) is 6.61 Å². The van der Waals surface area contributed by atoms with E-state index in [9.17, 15) is 4.79 Å². The van der Waals surface area contributed by atoms with Gasteiger partial charge in [0.1, 0.15) is 5.75 Å². The van der Waals surface area contributed by atoms with Gasteiger partial charge in [-0.2, -0.15) is 0 Å². The fourth-order valence-corrected chi connectivity index (χ4v) is 2.17. The van der Waals surface area contributed by atoms with Crippen molar-refractivity contribution in [1.29, 1.82) is 0 Å². The minimum absolute atomic E-state index is 0.0157. The molecule has 0 spiro atoms. The predicted molar refractivity (Wildman–Crippen MR) is 86.6 cm³/mol. The Morgan fingerprint density at radius 1 is 1.29 bits per heavy atom. The molecule has 4 nitrogen and oxygen atoms in total. The Kier molecular flexibility index (Phi) is 8.51. The standard InChI is InChI=1S/C17H28N2O2/c1-3-6-14(4-2)13-19-17(20)15-7-9-16(10-8-15)21-12-5-11-18/h7-10,14H,3-6,11-13,18H2,1-2H3,(H,19,20). The zero-order valence-corrected chi connectivity index (χ0v) is 13.2. The molecule has 118 valence electrons. The molecule has 21 heavy (non-hydrogen) atoms. The molecule has 0 radical (unpaired) electrons. The summed E-state index contributed by atoms with van der Waals surface area (Å²) in [7, 11) is 0. The third-order valence-electron chi connectivity index (χ3n) is 3.56. The number of hydrogen-bond donors (Lipinski definition) is 2. The summed E-state index contributed by atoms with van der Waals surface area (Å²) in [6.45, 7) is 6.32. The van der Waals surface area contributed by atoms with Crippen molar-refractivity contribution in [1.82, 2.24) is 5.32 Å². The highest BCUT2D eigenvalue weighted by Gasteiger charge is 2.09. The molecular formula is C17H28N2O2. The first-order valence-corrected chi connectivity index (χ1v) is 7.92. The average Bonchev–Trinajstić information content (AvgIpc) is 2.52. The van der Waals surface area contributed by atoms with E-state index in [0.29, 0.717) is 24.6 Å². The Balaban J connectivity index is 2.43. The number of benzene rings is 1. The maximum atomic E-state index is 12.1. The Bertz CT molecular complexity index is 404. The smallest absolute Gasteiger partial charge is 0.251 e. The average molecular weight is 292 g/mol. The molecule has 0 fully saturated rings. The van der Waals surface area contributed by atoms with E-state index in [1.807, 2.05) is 12.1 Å². The topological polar surface area (TPSA) is 64.3 Å². The van der Waals surface area contributed by atoms with Crippen LogP contribution in [0.1, 0.15) is 49.9 Å². The molecular weight excluding hydrogens is 264 g/mol. The van der Waals surface area contributed by atoms with Gasteiger partial charge in [-0.05, 0) is 49.6 Å². The number of nitrogens with one attached hydrogen (secondary N) is 1. The second-order valence-electron chi connectivity index (χ2n) is 5.29. The van der Waals surface area contributed by atoms with E-state index in [-0.39, 0.29) is 5.91 Å². The number of carbonyl (C=O) groups is 1. The van der Waals surface area contributed by atoms with Crippen molar-refractivity contribution >= 4 is 5.91 Å². The summed E-state index contributed by atoms with van der Waals surface area (Å²) in [5.41, 5.74) is 6.09. The zero-order chi connectivity index (χ0) is 15.5. The largest absolute Gasteiger partial charge is 0.494 e. The fraction of sp³-hybridized carbons (Fsp3) is 0.588. The lowest BCUT2D eigenvalue weighted by molar-refractivity contribution is 0.0946. The van der Waals surface area contributed by atoms with Gasteiger partial charge in [0.15, 0.2) is 0 Å². The highest BCUT2D eigenvalue weighted by molar-refractivity contribution is 5.94. The molecule has 1 atom stereocenters. The highest BCUT2D eigenvalue weighted by Crippen LogP contribution is 2.13.